The summed E-state index contributed by atoms with van der Waals surface area (Å²) < 4.78 is 5.04. The standard InChI is InChI=1S/C8H14O3/c1-8(2,10)7(9)6-3-4-11-5-6/h6,10H,3-5H2,1-2H3. The number of Topliss-reactive ketones (excluding diaryl/α,β-unsaturated/α-hetero) is 1. The van der Waals surface area contributed by atoms with E-state index in [1.54, 1.807) is 0 Å². The van der Waals surface area contributed by atoms with Crippen molar-refractivity contribution < 1.29 is 14.6 Å². The van der Waals surface area contributed by atoms with Crippen molar-refractivity contribution in [2.24, 2.45) is 5.92 Å². The zero-order valence-electron chi connectivity index (χ0n) is 6.96. The second-order valence-electron chi connectivity index (χ2n) is 3.48. The third kappa shape index (κ3) is 2.01. The van der Waals surface area contributed by atoms with Gasteiger partial charge in [-0.15, -0.1) is 0 Å². The second kappa shape index (κ2) is 2.91. The van der Waals surface area contributed by atoms with Crippen LogP contribution in [-0.4, -0.2) is 29.7 Å². The van der Waals surface area contributed by atoms with Gasteiger partial charge in [-0.3, -0.25) is 4.79 Å². The number of aliphatic hydroxyl groups is 1. The molecule has 3 nitrogen and oxygen atoms in total. The molecular weight excluding hydrogens is 144 g/mol. The van der Waals surface area contributed by atoms with Crippen molar-refractivity contribution in [1.82, 2.24) is 0 Å². The van der Waals surface area contributed by atoms with Crippen LogP contribution in [0.15, 0.2) is 0 Å². The summed E-state index contributed by atoms with van der Waals surface area (Å²) in [6, 6.07) is 0. The van der Waals surface area contributed by atoms with Crippen LogP contribution in [0.5, 0.6) is 0 Å². The summed E-state index contributed by atoms with van der Waals surface area (Å²) >= 11 is 0. The number of ether oxygens (including phenoxy) is 1. The lowest BCUT2D eigenvalue weighted by Gasteiger charge is -2.18. The molecule has 0 aromatic rings. The van der Waals surface area contributed by atoms with Gasteiger partial charge in [-0.25, -0.2) is 0 Å². The lowest BCUT2D eigenvalue weighted by atomic mass is 9.91. The van der Waals surface area contributed by atoms with Crippen molar-refractivity contribution >= 4 is 5.78 Å². The Labute approximate surface area is 66.4 Å². The predicted octanol–water partition coefficient (Wildman–Crippen LogP) is 0.363. The van der Waals surface area contributed by atoms with Crippen molar-refractivity contribution in [1.29, 1.82) is 0 Å². The van der Waals surface area contributed by atoms with E-state index in [-0.39, 0.29) is 11.7 Å². The van der Waals surface area contributed by atoms with E-state index in [0.717, 1.165) is 6.42 Å². The second-order valence-corrected chi connectivity index (χ2v) is 3.48. The maximum atomic E-state index is 11.3. The van der Waals surface area contributed by atoms with Crippen molar-refractivity contribution in [2.75, 3.05) is 13.2 Å². The molecule has 1 unspecified atom stereocenters. The molecule has 0 bridgehead atoms. The fourth-order valence-electron chi connectivity index (χ4n) is 1.24. The van der Waals surface area contributed by atoms with Gasteiger partial charge in [0.2, 0.25) is 0 Å². The van der Waals surface area contributed by atoms with E-state index in [4.69, 9.17) is 4.74 Å². The average Bonchev–Trinajstić information content (AvgIpc) is 2.34. The van der Waals surface area contributed by atoms with Crippen molar-refractivity contribution in [3.63, 3.8) is 0 Å². The SMILES string of the molecule is CC(C)(O)C(=O)C1CCOC1. The summed E-state index contributed by atoms with van der Waals surface area (Å²) in [5.74, 6) is -0.190. The summed E-state index contributed by atoms with van der Waals surface area (Å²) in [6.07, 6.45) is 0.753. The minimum atomic E-state index is -1.20. The molecule has 0 saturated carbocycles. The number of rotatable bonds is 2. The molecule has 1 N–H and O–H groups in total. The Bertz CT molecular complexity index is 151. The molecule has 1 aliphatic rings. The van der Waals surface area contributed by atoms with Gasteiger partial charge in [-0.05, 0) is 20.3 Å². The first-order valence-electron chi connectivity index (χ1n) is 3.86. The Morgan fingerprint density at radius 3 is 2.64 bits per heavy atom. The van der Waals surface area contributed by atoms with Gasteiger partial charge in [0.05, 0.1) is 6.61 Å². The maximum absolute atomic E-state index is 11.3. The number of carbonyl (C=O) groups excluding carboxylic acids is 1. The van der Waals surface area contributed by atoms with Crippen LogP contribution in [0.2, 0.25) is 0 Å². The van der Waals surface area contributed by atoms with E-state index in [2.05, 4.69) is 0 Å². The Kier molecular flexibility index (Phi) is 2.30. The molecule has 0 aromatic carbocycles. The van der Waals surface area contributed by atoms with E-state index >= 15 is 0 Å². The molecule has 3 heteroatoms. The Morgan fingerprint density at radius 1 is 1.64 bits per heavy atom. The molecule has 0 amide bonds. The van der Waals surface area contributed by atoms with Gasteiger partial charge >= 0.3 is 0 Å². The highest BCUT2D eigenvalue weighted by atomic mass is 16.5. The molecule has 1 fully saturated rings. The molecule has 64 valence electrons. The van der Waals surface area contributed by atoms with Crippen LogP contribution in [0.1, 0.15) is 20.3 Å². The summed E-state index contributed by atoms with van der Waals surface area (Å²) in [6.45, 7) is 4.16. The van der Waals surface area contributed by atoms with Gasteiger partial charge in [0.1, 0.15) is 5.60 Å². The van der Waals surface area contributed by atoms with Gasteiger partial charge in [-0.1, -0.05) is 0 Å². The lowest BCUT2D eigenvalue weighted by molar-refractivity contribution is -0.138. The number of hydrogen-bond acceptors (Lipinski definition) is 3. The third-order valence-electron chi connectivity index (χ3n) is 1.90. The van der Waals surface area contributed by atoms with Gasteiger partial charge in [0, 0.05) is 12.5 Å². The van der Waals surface area contributed by atoms with Crippen molar-refractivity contribution in [2.45, 2.75) is 25.9 Å². The van der Waals surface area contributed by atoms with Crippen LogP contribution in [-0.2, 0) is 9.53 Å². The molecule has 1 rings (SSSR count). The largest absolute Gasteiger partial charge is 0.383 e. The van der Waals surface area contributed by atoms with Crippen molar-refractivity contribution in [3.05, 3.63) is 0 Å². The number of carbonyl (C=O) groups is 1. The van der Waals surface area contributed by atoms with Crippen LogP contribution >= 0.6 is 0 Å². The zero-order valence-corrected chi connectivity index (χ0v) is 6.96. The fraction of sp³-hybridized carbons (Fsp3) is 0.875. The van der Waals surface area contributed by atoms with Gasteiger partial charge in [0.15, 0.2) is 5.78 Å². The van der Waals surface area contributed by atoms with Crippen molar-refractivity contribution in [3.8, 4) is 0 Å². The summed E-state index contributed by atoms with van der Waals surface area (Å²) in [4.78, 5) is 11.3. The quantitative estimate of drug-likeness (QED) is 0.631. The molecule has 1 heterocycles. The Balaban J connectivity index is 2.53. The Morgan fingerprint density at radius 2 is 2.27 bits per heavy atom. The number of ketones is 1. The lowest BCUT2D eigenvalue weighted by Crippen LogP contribution is -2.36. The third-order valence-corrected chi connectivity index (χ3v) is 1.90. The highest BCUT2D eigenvalue weighted by molar-refractivity contribution is 5.88. The monoisotopic (exact) mass is 158 g/mol. The molecule has 0 spiro atoms. The summed E-state index contributed by atoms with van der Waals surface area (Å²) in [5, 5.41) is 9.34. The van der Waals surface area contributed by atoms with E-state index in [0.29, 0.717) is 13.2 Å². The zero-order chi connectivity index (χ0) is 8.48. The molecule has 0 aromatic heterocycles. The molecule has 1 aliphatic heterocycles. The maximum Gasteiger partial charge on any atom is 0.169 e. The van der Waals surface area contributed by atoms with Gasteiger partial charge in [0.25, 0.3) is 0 Å². The van der Waals surface area contributed by atoms with Crippen LogP contribution in [0.3, 0.4) is 0 Å². The van der Waals surface area contributed by atoms with Crippen LogP contribution in [0.25, 0.3) is 0 Å². The molecule has 1 atom stereocenters. The topological polar surface area (TPSA) is 46.5 Å². The van der Waals surface area contributed by atoms with E-state index in [1.807, 2.05) is 0 Å². The highest BCUT2D eigenvalue weighted by Gasteiger charge is 2.33. The first-order valence-corrected chi connectivity index (χ1v) is 3.86. The van der Waals surface area contributed by atoms with Crippen LogP contribution in [0.4, 0.5) is 0 Å². The minimum Gasteiger partial charge on any atom is -0.383 e. The molecule has 0 radical (unpaired) electrons. The highest BCUT2D eigenvalue weighted by Crippen LogP contribution is 2.19. The number of hydrogen-bond donors (Lipinski definition) is 1. The van der Waals surface area contributed by atoms with Crippen LogP contribution in [0, 0.1) is 5.92 Å². The smallest absolute Gasteiger partial charge is 0.169 e. The molecular formula is C8H14O3. The van der Waals surface area contributed by atoms with E-state index in [1.165, 1.54) is 13.8 Å². The average molecular weight is 158 g/mol. The fourth-order valence-corrected chi connectivity index (χ4v) is 1.24. The predicted molar refractivity (Wildman–Crippen MR) is 40.2 cm³/mol. The van der Waals surface area contributed by atoms with E-state index in [9.17, 15) is 9.90 Å². The van der Waals surface area contributed by atoms with Gasteiger partial charge in [-0.2, -0.15) is 0 Å². The summed E-state index contributed by atoms with van der Waals surface area (Å²) in [5.41, 5.74) is -1.20. The van der Waals surface area contributed by atoms with E-state index < -0.39 is 5.60 Å². The molecule has 11 heavy (non-hydrogen) atoms. The van der Waals surface area contributed by atoms with Crippen LogP contribution < -0.4 is 0 Å². The first kappa shape index (κ1) is 8.68. The van der Waals surface area contributed by atoms with Gasteiger partial charge < -0.3 is 9.84 Å². The normalized spacial score (nSPS) is 25.5. The molecule has 0 aliphatic carbocycles. The minimum absolute atomic E-state index is 0.0880. The molecule has 1 saturated heterocycles. The Hall–Kier alpha value is -0.410. The summed E-state index contributed by atoms with van der Waals surface area (Å²) in [7, 11) is 0. The first-order chi connectivity index (χ1) is 5.02.